The third-order valence-electron chi connectivity index (χ3n) is 5.38. The van der Waals surface area contributed by atoms with E-state index >= 15 is 0 Å². The minimum Gasteiger partial charge on any atom is -0.452 e. The predicted octanol–water partition coefficient (Wildman–Crippen LogP) is 2.91. The van der Waals surface area contributed by atoms with Crippen LogP contribution in [-0.4, -0.2) is 47.8 Å². The normalized spacial score (nSPS) is 14.7. The molecule has 0 bridgehead atoms. The van der Waals surface area contributed by atoms with Crippen LogP contribution in [0.2, 0.25) is 0 Å². The van der Waals surface area contributed by atoms with E-state index in [1.807, 2.05) is 37.3 Å². The second-order valence-electron chi connectivity index (χ2n) is 7.45. The van der Waals surface area contributed by atoms with Crippen LogP contribution >= 0.6 is 0 Å². The second kappa shape index (κ2) is 10.0. The summed E-state index contributed by atoms with van der Waals surface area (Å²) in [5.74, 6) is -1.71. The zero-order valence-corrected chi connectivity index (χ0v) is 17.7. The van der Waals surface area contributed by atoms with Gasteiger partial charge >= 0.3 is 5.97 Å². The molecule has 1 heterocycles. The van der Waals surface area contributed by atoms with Gasteiger partial charge in [-0.05, 0) is 31.0 Å². The van der Waals surface area contributed by atoms with E-state index in [0.29, 0.717) is 17.7 Å². The first-order valence-electron chi connectivity index (χ1n) is 10.4. The van der Waals surface area contributed by atoms with Crippen molar-refractivity contribution in [2.45, 2.75) is 38.7 Å². The molecule has 0 unspecified atom stereocenters. The summed E-state index contributed by atoms with van der Waals surface area (Å²) < 4.78 is 5.19. The van der Waals surface area contributed by atoms with Crippen molar-refractivity contribution < 1.29 is 23.9 Å². The minimum absolute atomic E-state index is 0.0918. The van der Waals surface area contributed by atoms with E-state index in [1.165, 1.54) is 6.92 Å². The maximum Gasteiger partial charge on any atom is 0.308 e. The van der Waals surface area contributed by atoms with Gasteiger partial charge < -0.3 is 10.1 Å². The summed E-state index contributed by atoms with van der Waals surface area (Å²) in [5.41, 5.74) is 1.80. The second-order valence-corrected chi connectivity index (χ2v) is 7.45. The van der Waals surface area contributed by atoms with Crippen molar-refractivity contribution in [3.05, 3.63) is 71.3 Å². The lowest BCUT2D eigenvalue weighted by molar-refractivity contribution is -0.154. The number of nitrogens with one attached hydrogen (secondary N) is 1. The van der Waals surface area contributed by atoms with E-state index in [-0.39, 0.29) is 24.8 Å². The number of benzene rings is 2. The number of carbonyl (C=O) groups is 4. The molecule has 2 aromatic rings. The Kier molecular flexibility index (Phi) is 7.18. The van der Waals surface area contributed by atoms with Crippen LogP contribution in [0.5, 0.6) is 0 Å². The van der Waals surface area contributed by atoms with Crippen molar-refractivity contribution in [2.24, 2.45) is 0 Å². The molecule has 7 heteroatoms. The number of rotatable bonds is 9. The molecule has 3 rings (SSSR count). The first kappa shape index (κ1) is 22.2. The van der Waals surface area contributed by atoms with Gasteiger partial charge in [-0.15, -0.1) is 0 Å². The summed E-state index contributed by atoms with van der Waals surface area (Å²) in [6.07, 6.45) is -0.286. The fourth-order valence-corrected chi connectivity index (χ4v) is 3.55. The predicted molar refractivity (Wildman–Crippen MR) is 114 cm³/mol. The standard InChI is InChI=1S/C24H26N2O5/c1-3-17(18-9-5-4-6-10-18)15-25-22(28)16(2)31-21(27)13-14-26-23(29)19-11-7-8-12-20(19)24(26)30/h4-12,16-17H,3,13-15H2,1-2H3,(H,25,28)/t16-,17-/m0/s1. The highest BCUT2D eigenvalue weighted by Gasteiger charge is 2.35. The molecule has 162 valence electrons. The smallest absolute Gasteiger partial charge is 0.308 e. The van der Waals surface area contributed by atoms with Crippen LogP contribution in [0, 0.1) is 0 Å². The zero-order chi connectivity index (χ0) is 22.4. The number of imide groups is 1. The van der Waals surface area contributed by atoms with Gasteiger partial charge in [0.1, 0.15) is 0 Å². The fourth-order valence-electron chi connectivity index (χ4n) is 3.55. The van der Waals surface area contributed by atoms with Crippen LogP contribution in [0.25, 0.3) is 0 Å². The number of ether oxygens (including phenoxy) is 1. The highest BCUT2D eigenvalue weighted by atomic mass is 16.5. The van der Waals surface area contributed by atoms with Gasteiger partial charge in [0, 0.05) is 19.0 Å². The van der Waals surface area contributed by atoms with Crippen molar-refractivity contribution in [1.82, 2.24) is 10.2 Å². The van der Waals surface area contributed by atoms with Crippen molar-refractivity contribution in [3.63, 3.8) is 0 Å². The van der Waals surface area contributed by atoms with E-state index in [2.05, 4.69) is 5.32 Å². The van der Waals surface area contributed by atoms with Gasteiger partial charge in [0.15, 0.2) is 6.10 Å². The molecule has 1 aliphatic rings. The highest BCUT2D eigenvalue weighted by Crippen LogP contribution is 2.22. The molecule has 1 N–H and O–H groups in total. The van der Waals surface area contributed by atoms with Gasteiger partial charge in [-0.2, -0.15) is 0 Å². The highest BCUT2D eigenvalue weighted by molar-refractivity contribution is 6.21. The van der Waals surface area contributed by atoms with Crippen molar-refractivity contribution in [3.8, 4) is 0 Å². The first-order chi connectivity index (χ1) is 14.9. The number of carbonyl (C=O) groups excluding carboxylic acids is 4. The number of fused-ring (bicyclic) bond motifs is 1. The molecule has 0 aliphatic carbocycles. The summed E-state index contributed by atoms with van der Waals surface area (Å²) >= 11 is 0. The molecule has 1 aliphatic heterocycles. The average Bonchev–Trinajstić information content (AvgIpc) is 3.03. The van der Waals surface area contributed by atoms with Gasteiger partial charge in [-0.25, -0.2) is 0 Å². The minimum atomic E-state index is -0.969. The molecule has 0 saturated heterocycles. The fraction of sp³-hybridized carbons (Fsp3) is 0.333. The molecule has 0 fully saturated rings. The molecular formula is C24H26N2O5. The lowest BCUT2D eigenvalue weighted by atomic mass is 9.96. The number of amides is 3. The molecule has 2 aromatic carbocycles. The van der Waals surface area contributed by atoms with Crippen molar-refractivity contribution >= 4 is 23.7 Å². The van der Waals surface area contributed by atoms with Crippen LogP contribution < -0.4 is 5.32 Å². The molecule has 0 saturated carbocycles. The maximum atomic E-state index is 12.3. The largest absolute Gasteiger partial charge is 0.452 e. The van der Waals surface area contributed by atoms with Gasteiger partial charge in [0.05, 0.1) is 17.5 Å². The van der Waals surface area contributed by atoms with E-state index in [4.69, 9.17) is 4.74 Å². The van der Waals surface area contributed by atoms with E-state index < -0.39 is 23.9 Å². The topological polar surface area (TPSA) is 92.8 Å². The van der Waals surface area contributed by atoms with Crippen LogP contribution in [0.1, 0.15) is 58.9 Å². The lowest BCUT2D eigenvalue weighted by Gasteiger charge is -2.19. The molecular weight excluding hydrogens is 396 g/mol. The SMILES string of the molecule is CC[C@@H](CNC(=O)[C@H](C)OC(=O)CCN1C(=O)c2ccccc2C1=O)c1ccccc1. The van der Waals surface area contributed by atoms with Crippen LogP contribution in [-0.2, 0) is 14.3 Å². The van der Waals surface area contributed by atoms with Crippen LogP contribution in [0.15, 0.2) is 54.6 Å². The first-order valence-corrected chi connectivity index (χ1v) is 10.4. The van der Waals surface area contributed by atoms with E-state index in [0.717, 1.165) is 16.9 Å². The Morgan fingerprint density at radius 3 is 2.13 bits per heavy atom. The summed E-state index contributed by atoms with van der Waals surface area (Å²) in [6.45, 7) is 3.90. The zero-order valence-electron chi connectivity index (χ0n) is 17.7. The number of nitrogens with zero attached hydrogens (tertiary/aromatic N) is 1. The van der Waals surface area contributed by atoms with Crippen LogP contribution in [0.4, 0.5) is 0 Å². The quantitative estimate of drug-likeness (QED) is 0.495. The molecule has 0 spiro atoms. The Morgan fingerprint density at radius 1 is 0.968 bits per heavy atom. The third kappa shape index (κ3) is 5.17. The Labute approximate surface area is 181 Å². The Morgan fingerprint density at radius 2 is 1.55 bits per heavy atom. The summed E-state index contributed by atoms with van der Waals surface area (Å²) in [7, 11) is 0. The van der Waals surface area contributed by atoms with E-state index in [1.54, 1.807) is 24.3 Å². The number of hydrogen-bond acceptors (Lipinski definition) is 5. The van der Waals surface area contributed by atoms with Gasteiger partial charge in [0.2, 0.25) is 0 Å². The molecule has 3 amide bonds. The van der Waals surface area contributed by atoms with Crippen molar-refractivity contribution in [2.75, 3.05) is 13.1 Å². The third-order valence-corrected chi connectivity index (χ3v) is 5.38. The molecule has 0 aromatic heterocycles. The molecule has 7 nitrogen and oxygen atoms in total. The molecule has 0 radical (unpaired) electrons. The van der Waals surface area contributed by atoms with Gasteiger partial charge in [-0.3, -0.25) is 24.1 Å². The number of hydrogen-bond donors (Lipinski definition) is 1. The van der Waals surface area contributed by atoms with Gasteiger partial charge in [-0.1, -0.05) is 49.4 Å². The summed E-state index contributed by atoms with van der Waals surface area (Å²) in [6, 6.07) is 16.4. The summed E-state index contributed by atoms with van der Waals surface area (Å²) in [4.78, 5) is 50.2. The Bertz CT molecular complexity index is 938. The maximum absolute atomic E-state index is 12.3. The Balaban J connectivity index is 1.45. The summed E-state index contributed by atoms with van der Waals surface area (Å²) in [5, 5.41) is 2.83. The monoisotopic (exact) mass is 422 g/mol. The Hall–Kier alpha value is -3.48. The van der Waals surface area contributed by atoms with Crippen molar-refractivity contribution in [1.29, 1.82) is 0 Å². The molecule has 31 heavy (non-hydrogen) atoms. The molecule has 2 atom stereocenters. The van der Waals surface area contributed by atoms with E-state index in [9.17, 15) is 19.2 Å². The van der Waals surface area contributed by atoms with Gasteiger partial charge in [0.25, 0.3) is 17.7 Å². The lowest BCUT2D eigenvalue weighted by Crippen LogP contribution is -2.38. The van der Waals surface area contributed by atoms with Crippen LogP contribution in [0.3, 0.4) is 0 Å². The average molecular weight is 422 g/mol. The number of esters is 1.